The van der Waals surface area contributed by atoms with Crippen LogP contribution >= 0.6 is 11.6 Å². The normalized spacial score (nSPS) is 10.3. The lowest BCUT2D eigenvalue weighted by atomic mass is 10.1. The quantitative estimate of drug-likeness (QED) is 0.792. The summed E-state index contributed by atoms with van der Waals surface area (Å²) in [5.74, 6) is 0.132. The van der Waals surface area contributed by atoms with Crippen molar-refractivity contribution in [3.63, 3.8) is 0 Å². The van der Waals surface area contributed by atoms with Gasteiger partial charge in [-0.2, -0.15) is 0 Å². The van der Waals surface area contributed by atoms with Gasteiger partial charge in [0.15, 0.2) is 0 Å². The molecular weight excluding hydrogens is 250 g/mol. The van der Waals surface area contributed by atoms with Crippen LogP contribution in [0.5, 0.6) is 11.5 Å². The number of hydrogen-bond acceptors (Lipinski definition) is 3. The monoisotopic (exact) mass is 263 g/mol. The molecule has 18 heavy (non-hydrogen) atoms. The number of benzene rings is 2. The van der Waals surface area contributed by atoms with Crippen molar-refractivity contribution in [2.24, 2.45) is 0 Å². The van der Waals surface area contributed by atoms with E-state index in [0.717, 1.165) is 16.8 Å². The Kier molecular flexibility index (Phi) is 3.63. The van der Waals surface area contributed by atoms with E-state index >= 15 is 0 Å². The number of nitrogens with one attached hydrogen (secondary N) is 1. The van der Waals surface area contributed by atoms with Gasteiger partial charge in [-0.05, 0) is 42.8 Å². The molecule has 0 aliphatic heterocycles. The van der Waals surface area contributed by atoms with E-state index in [0.29, 0.717) is 11.6 Å². The Bertz CT molecular complexity index is 518. The molecule has 0 fully saturated rings. The SMILES string of the molecule is Cc1cc(Cl)ccc1NCc1ccc(O)cc1O. The van der Waals surface area contributed by atoms with Gasteiger partial charge < -0.3 is 15.5 Å². The predicted molar refractivity (Wildman–Crippen MR) is 73.3 cm³/mol. The minimum absolute atomic E-state index is 0.0546. The van der Waals surface area contributed by atoms with Crippen molar-refractivity contribution in [2.45, 2.75) is 13.5 Å². The molecule has 0 amide bonds. The number of rotatable bonds is 3. The second-order valence-corrected chi connectivity index (χ2v) is 4.56. The van der Waals surface area contributed by atoms with Crippen molar-refractivity contribution >= 4 is 17.3 Å². The molecule has 0 saturated carbocycles. The maximum Gasteiger partial charge on any atom is 0.124 e. The Balaban J connectivity index is 2.11. The molecule has 0 spiro atoms. The number of aromatic hydroxyl groups is 2. The fourth-order valence-corrected chi connectivity index (χ4v) is 1.94. The number of anilines is 1. The summed E-state index contributed by atoms with van der Waals surface area (Å²) in [4.78, 5) is 0. The molecular formula is C14H14ClNO2. The molecule has 2 aromatic carbocycles. The summed E-state index contributed by atoms with van der Waals surface area (Å²) in [6, 6.07) is 10.1. The molecule has 4 heteroatoms. The van der Waals surface area contributed by atoms with E-state index < -0.39 is 0 Å². The highest BCUT2D eigenvalue weighted by Gasteiger charge is 2.03. The highest BCUT2D eigenvalue weighted by Crippen LogP contribution is 2.25. The van der Waals surface area contributed by atoms with E-state index in [2.05, 4.69) is 5.32 Å². The summed E-state index contributed by atoms with van der Waals surface area (Å²) in [6.45, 7) is 2.44. The van der Waals surface area contributed by atoms with Gasteiger partial charge in [0.1, 0.15) is 11.5 Å². The lowest BCUT2D eigenvalue weighted by molar-refractivity contribution is 0.446. The number of phenolic OH excluding ortho intramolecular Hbond substituents is 2. The summed E-state index contributed by atoms with van der Waals surface area (Å²) < 4.78 is 0. The van der Waals surface area contributed by atoms with E-state index in [1.165, 1.54) is 6.07 Å². The van der Waals surface area contributed by atoms with Gasteiger partial charge in [0, 0.05) is 28.9 Å². The molecule has 0 heterocycles. The molecule has 0 radical (unpaired) electrons. The summed E-state index contributed by atoms with van der Waals surface area (Å²) in [5, 5.41) is 22.8. The molecule has 0 aliphatic rings. The van der Waals surface area contributed by atoms with Crippen molar-refractivity contribution in [3.05, 3.63) is 52.5 Å². The summed E-state index contributed by atoms with van der Waals surface area (Å²) in [6.07, 6.45) is 0. The Morgan fingerprint density at radius 3 is 2.56 bits per heavy atom. The zero-order chi connectivity index (χ0) is 13.1. The molecule has 0 aliphatic carbocycles. The first kappa shape index (κ1) is 12.6. The highest BCUT2D eigenvalue weighted by atomic mass is 35.5. The molecule has 94 valence electrons. The van der Waals surface area contributed by atoms with Crippen LogP contribution in [0, 0.1) is 6.92 Å². The lowest BCUT2D eigenvalue weighted by Crippen LogP contribution is -2.01. The third-order valence-electron chi connectivity index (χ3n) is 2.73. The molecule has 0 bridgehead atoms. The van der Waals surface area contributed by atoms with Gasteiger partial charge in [-0.3, -0.25) is 0 Å². The first-order valence-corrected chi connectivity index (χ1v) is 5.95. The molecule has 3 N–H and O–H groups in total. The van der Waals surface area contributed by atoms with Gasteiger partial charge in [-0.25, -0.2) is 0 Å². The van der Waals surface area contributed by atoms with Crippen molar-refractivity contribution in [2.75, 3.05) is 5.32 Å². The zero-order valence-corrected chi connectivity index (χ0v) is 10.7. The van der Waals surface area contributed by atoms with Gasteiger partial charge in [0.25, 0.3) is 0 Å². The van der Waals surface area contributed by atoms with Crippen LogP contribution in [0.25, 0.3) is 0 Å². The third kappa shape index (κ3) is 2.87. The van der Waals surface area contributed by atoms with Gasteiger partial charge in [-0.1, -0.05) is 11.6 Å². The van der Waals surface area contributed by atoms with Gasteiger partial charge >= 0.3 is 0 Å². The highest BCUT2D eigenvalue weighted by molar-refractivity contribution is 6.30. The Morgan fingerprint density at radius 1 is 1.11 bits per heavy atom. The van der Waals surface area contributed by atoms with Crippen LogP contribution in [0.1, 0.15) is 11.1 Å². The standard InChI is InChI=1S/C14H14ClNO2/c1-9-6-11(15)3-5-13(9)16-8-10-2-4-12(17)7-14(10)18/h2-7,16-18H,8H2,1H3. The van der Waals surface area contributed by atoms with Crippen LogP contribution in [0.15, 0.2) is 36.4 Å². The van der Waals surface area contributed by atoms with Crippen molar-refractivity contribution in [1.29, 1.82) is 0 Å². The van der Waals surface area contributed by atoms with Crippen molar-refractivity contribution < 1.29 is 10.2 Å². The third-order valence-corrected chi connectivity index (χ3v) is 2.96. The lowest BCUT2D eigenvalue weighted by Gasteiger charge is -2.11. The zero-order valence-electron chi connectivity index (χ0n) is 9.94. The number of aryl methyl sites for hydroxylation is 1. The Morgan fingerprint density at radius 2 is 1.89 bits per heavy atom. The second kappa shape index (κ2) is 5.19. The maximum atomic E-state index is 9.66. The van der Waals surface area contributed by atoms with E-state index in [-0.39, 0.29) is 11.5 Å². The van der Waals surface area contributed by atoms with Crippen LogP contribution in [0.2, 0.25) is 5.02 Å². The first-order chi connectivity index (χ1) is 8.56. The minimum atomic E-state index is 0.0546. The minimum Gasteiger partial charge on any atom is -0.508 e. The summed E-state index contributed by atoms with van der Waals surface area (Å²) in [5.41, 5.74) is 2.73. The molecule has 2 aromatic rings. The topological polar surface area (TPSA) is 52.5 Å². The molecule has 2 rings (SSSR count). The maximum absolute atomic E-state index is 9.66. The van der Waals surface area contributed by atoms with E-state index in [1.54, 1.807) is 12.1 Å². The molecule has 3 nitrogen and oxygen atoms in total. The summed E-state index contributed by atoms with van der Waals surface area (Å²) in [7, 11) is 0. The number of halogens is 1. The average molecular weight is 264 g/mol. The van der Waals surface area contributed by atoms with E-state index in [9.17, 15) is 10.2 Å². The van der Waals surface area contributed by atoms with Crippen molar-refractivity contribution in [1.82, 2.24) is 0 Å². The molecule has 0 atom stereocenters. The fraction of sp³-hybridized carbons (Fsp3) is 0.143. The second-order valence-electron chi connectivity index (χ2n) is 4.13. The fourth-order valence-electron chi connectivity index (χ4n) is 1.72. The Hall–Kier alpha value is -1.87. The first-order valence-electron chi connectivity index (χ1n) is 5.57. The number of hydrogen-bond donors (Lipinski definition) is 3. The molecule has 0 aromatic heterocycles. The van der Waals surface area contributed by atoms with Crippen LogP contribution in [0.3, 0.4) is 0 Å². The van der Waals surface area contributed by atoms with E-state index in [4.69, 9.17) is 11.6 Å². The van der Waals surface area contributed by atoms with Crippen LogP contribution < -0.4 is 5.32 Å². The largest absolute Gasteiger partial charge is 0.508 e. The molecule has 0 saturated heterocycles. The van der Waals surface area contributed by atoms with Crippen molar-refractivity contribution in [3.8, 4) is 11.5 Å². The van der Waals surface area contributed by atoms with Gasteiger partial charge in [0.05, 0.1) is 0 Å². The number of phenols is 2. The van der Waals surface area contributed by atoms with Gasteiger partial charge in [-0.15, -0.1) is 0 Å². The predicted octanol–water partition coefficient (Wildman–Crippen LogP) is 3.67. The van der Waals surface area contributed by atoms with E-state index in [1.807, 2.05) is 25.1 Å². The Labute approximate surface area is 111 Å². The smallest absolute Gasteiger partial charge is 0.124 e. The summed E-state index contributed by atoms with van der Waals surface area (Å²) >= 11 is 5.88. The average Bonchev–Trinajstić information content (AvgIpc) is 2.30. The molecule has 0 unspecified atom stereocenters. The van der Waals surface area contributed by atoms with Crippen LogP contribution in [-0.2, 0) is 6.54 Å². The van der Waals surface area contributed by atoms with Crippen LogP contribution in [0.4, 0.5) is 5.69 Å². The van der Waals surface area contributed by atoms with Gasteiger partial charge in [0.2, 0.25) is 0 Å². The van der Waals surface area contributed by atoms with Crippen LogP contribution in [-0.4, -0.2) is 10.2 Å².